The van der Waals surface area contributed by atoms with E-state index in [0.29, 0.717) is 36.0 Å². The molecule has 3 rings (SSSR count). The highest BCUT2D eigenvalue weighted by Gasteiger charge is 2.28. The van der Waals surface area contributed by atoms with Crippen LogP contribution in [0, 0.1) is 19.8 Å². The van der Waals surface area contributed by atoms with E-state index >= 15 is 0 Å². The first-order valence-electron chi connectivity index (χ1n) is 10.9. The molecule has 2 aromatic rings. The zero-order chi connectivity index (χ0) is 25.3. The van der Waals surface area contributed by atoms with Gasteiger partial charge in [0, 0.05) is 11.6 Å². The molecule has 0 aliphatic carbocycles. The maximum absolute atomic E-state index is 11.8. The summed E-state index contributed by atoms with van der Waals surface area (Å²) in [4.78, 5) is 16.1. The van der Waals surface area contributed by atoms with Crippen molar-refractivity contribution in [2.24, 2.45) is 5.92 Å². The number of ether oxygens (including phenoxy) is 2. The molecule has 0 bridgehead atoms. The Bertz CT molecular complexity index is 1140. The number of carbonyl (C=O) groups excluding carboxylic acids is 1. The van der Waals surface area contributed by atoms with E-state index in [0.717, 1.165) is 23.3 Å². The molecule has 1 N–H and O–H groups in total. The molecule has 1 fully saturated rings. The van der Waals surface area contributed by atoms with Gasteiger partial charge < -0.3 is 13.9 Å². The molecule has 0 spiro atoms. The Hall–Kier alpha value is -3.33. The van der Waals surface area contributed by atoms with Crippen molar-refractivity contribution in [3.05, 3.63) is 77.6 Å². The molecule has 184 valence electrons. The zero-order valence-electron chi connectivity index (χ0n) is 20.3. The Kier molecular flexibility index (Phi) is 9.68. The Morgan fingerprint density at radius 1 is 1.29 bits per heavy atom. The zero-order valence-corrected chi connectivity index (χ0v) is 21.1. The molecule has 0 radical (unpaired) electrons. The topological polar surface area (TPSA) is 108 Å². The summed E-state index contributed by atoms with van der Waals surface area (Å²) < 4.78 is 40.4. The molecular weight excluding hydrogens is 456 g/mol. The highest BCUT2D eigenvalue weighted by Crippen LogP contribution is 2.27. The van der Waals surface area contributed by atoms with Crippen LogP contribution in [0.4, 0.5) is 0 Å². The highest BCUT2D eigenvalue weighted by molar-refractivity contribution is 7.89. The van der Waals surface area contributed by atoms with Crippen LogP contribution in [0.25, 0.3) is 11.5 Å². The van der Waals surface area contributed by atoms with Crippen molar-refractivity contribution < 1.29 is 27.1 Å². The van der Waals surface area contributed by atoms with Crippen molar-refractivity contribution in [1.29, 1.82) is 0 Å². The minimum atomic E-state index is -3.56. The number of sulfonamides is 1. The fraction of sp³-hybridized carbons (Fsp3) is 0.360. The van der Waals surface area contributed by atoms with Crippen LogP contribution in [0.1, 0.15) is 31.7 Å². The lowest BCUT2D eigenvalue weighted by molar-refractivity contribution is -0.125. The third kappa shape index (κ3) is 8.22. The Morgan fingerprint density at radius 3 is 2.47 bits per heavy atom. The molecule has 1 atom stereocenters. The number of benzene rings is 1. The summed E-state index contributed by atoms with van der Waals surface area (Å²) in [6.45, 7) is 12.1. The van der Waals surface area contributed by atoms with Crippen molar-refractivity contribution >= 4 is 15.9 Å². The number of carbonyl (C=O) groups is 1. The maximum Gasteiger partial charge on any atom is 0.240 e. The number of aryl methyl sites for hydroxylation is 2. The second-order valence-electron chi connectivity index (χ2n) is 7.71. The summed E-state index contributed by atoms with van der Waals surface area (Å²) in [5.41, 5.74) is 2.62. The van der Waals surface area contributed by atoms with E-state index in [4.69, 9.17) is 13.9 Å². The fourth-order valence-corrected chi connectivity index (χ4v) is 3.54. The van der Waals surface area contributed by atoms with E-state index in [-0.39, 0.29) is 6.61 Å². The minimum Gasteiger partial charge on any atom is -0.494 e. The van der Waals surface area contributed by atoms with E-state index in [9.17, 15) is 13.2 Å². The minimum absolute atomic E-state index is 0.106. The summed E-state index contributed by atoms with van der Waals surface area (Å²) in [5.74, 6) is 1.67. The lowest BCUT2D eigenvalue weighted by atomic mass is 9.96. The first-order chi connectivity index (χ1) is 16.0. The second-order valence-corrected chi connectivity index (χ2v) is 9.46. The maximum atomic E-state index is 11.8. The van der Waals surface area contributed by atoms with Crippen molar-refractivity contribution in [2.45, 2.75) is 34.1 Å². The number of hydrogen-bond donors (Lipinski definition) is 1. The third-order valence-corrected chi connectivity index (χ3v) is 5.43. The standard InChI is InChI=1S/C14H21NO5S.C11H11NO/c1-5-12(19-6-2)8-13-10(3)7-11(9-20-13)14(16)15-21(4,17)18;1-8-9(2)13-11(12-8)10-6-4-3-5-7-10/h5,8,11H,3,6-7,9H2,1-2,4H3,(H,15,16);3-7H,1-2H3/b12-5+,13-8+;. The summed E-state index contributed by atoms with van der Waals surface area (Å²) in [7, 11) is -3.56. The van der Waals surface area contributed by atoms with Gasteiger partial charge in [-0.05, 0) is 57.9 Å². The van der Waals surface area contributed by atoms with E-state index in [1.54, 1.807) is 12.2 Å². The third-order valence-electron chi connectivity index (χ3n) is 4.86. The van der Waals surface area contributed by atoms with Gasteiger partial charge in [-0.25, -0.2) is 13.4 Å². The number of hydrogen-bond acceptors (Lipinski definition) is 7. The van der Waals surface area contributed by atoms with Gasteiger partial charge in [0.2, 0.25) is 21.8 Å². The summed E-state index contributed by atoms with van der Waals surface area (Å²) in [6, 6.07) is 9.91. The van der Waals surface area contributed by atoms with Crippen molar-refractivity contribution in [1.82, 2.24) is 9.71 Å². The molecule has 8 nitrogen and oxygen atoms in total. The number of nitrogens with zero attached hydrogens (tertiary/aromatic N) is 1. The number of amides is 1. The van der Waals surface area contributed by atoms with Gasteiger partial charge in [-0.15, -0.1) is 0 Å². The van der Waals surface area contributed by atoms with Crippen LogP contribution in [0.2, 0.25) is 0 Å². The largest absolute Gasteiger partial charge is 0.494 e. The van der Waals surface area contributed by atoms with E-state index < -0.39 is 21.8 Å². The smallest absolute Gasteiger partial charge is 0.240 e. The first kappa shape index (κ1) is 26.9. The van der Waals surface area contributed by atoms with Gasteiger partial charge in [-0.1, -0.05) is 24.8 Å². The molecule has 2 heterocycles. The van der Waals surface area contributed by atoms with Crippen LogP contribution >= 0.6 is 0 Å². The molecule has 1 amide bonds. The quantitative estimate of drug-likeness (QED) is 0.599. The summed E-state index contributed by atoms with van der Waals surface area (Å²) in [5, 5.41) is 0. The lowest BCUT2D eigenvalue weighted by Gasteiger charge is -2.26. The predicted octanol–water partition coefficient (Wildman–Crippen LogP) is 4.44. The Balaban J connectivity index is 0.000000266. The molecule has 1 aliphatic rings. The molecule has 0 saturated carbocycles. The van der Waals surface area contributed by atoms with Gasteiger partial charge in [0.25, 0.3) is 0 Å². The van der Waals surface area contributed by atoms with Gasteiger partial charge in [-0.2, -0.15) is 0 Å². The van der Waals surface area contributed by atoms with E-state index in [1.165, 1.54) is 0 Å². The predicted molar refractivity (Wildman–Crippen MR) is 131 cm³/mol. The Morgan fingerprint density at radius 2 is 1.97 bits per heavy atom. The fourth-order valence-electron chi connectivity index (χ4n) is 3.01. The molecular formula is C25H32N2O6S. The van der Waals surface area contributed by atoms with Gasteiger partial charge >= 0.3 is 0 Å². The number of aromatic nitrogens is 1. The molecule has 9 heteroatoms. The van der Waals surface area contributed by atoms with Gasteiger partial charge in [0.05, 0.1) is 24.5 Å². The van der Waals surface area contributed by atoms with Crippen LogP contribution in [-0.2, 0) is 24.3 Å². The number of rotatable bonds is 6. The van der Waals surface area contributed by atoms with Gasteiger partial charge in [0.1, 0.15) is 23.9 Å². The average Bonchev–Trinajstić information content (AvgIpc) is 3.13. The first-order valence-corrected chi connectivity index (χ1v) is 12.8. The lowest BCUT2D eigenvalue weighted by Crippen LogP contribution is -2.38. The number of oxazole rings is 1. The van der Waals surface area contributed by atoms with Crippen LogP contribution in [-0.4, -0.2) is 38.8 Å². The van der Waals surface area contributed by atoms with Crippen molar-refractivity contribution in [3.63, 3.8) is 0 Å². The number of allylic oxidation sites excluding steroid dienone is 3. The van der Waals surface area contributed by atoms with E-state index in [2.05, 4.69) is 11.6 Å². The average molecular weight is 489 g/mol. The summed E-state index contributed by atoms with van der Waals surface area (Å²) in [6.07, 6.45) is 4.80. The normalized spacial score (nSPS) is 17.4. The molecule has 1 saturated heterocycles. The van der Waals surface area contributed by atoms with Gasteiger partial charge in [-0.3, -0.25) is 9.52 Å². The Labute approximate surface area is 201 Å². The monoisotopic (exact) mass is 488 g/mol. The molecule has 1 aromatic heterocycles. The molecule has 1 unspecified atom stereocenters. The van der Waals surface area contributed by atoms with E-state index in [1.807, 2.05) is 62.7 Å². The van der Waals surface area contributed by atoms with Crippen LogP contribution < -0.4 is 4.72 Å². The van der Waals surface area contributed by atoms with Crippen molar-refractivity contribution in [2.75, 3.05) is 19.5 Å². The van der Waals surface area contributed by atoms with Crippen LogP contribution in [0.3, 0.4) is 0 Å². The summed E-state index contributed by atoms with van der Waals surface area (Å²) >= 11 is 0. The number of nitrogens with one attached hydrogen (secondary N) is 1. The highest BCUT2D eigenvalue weighted by atomic mass is 32.2. The van der Waals surface area contributed by atoms with Crippen LogP contribution in [0.15, 0.2) is 70.6 Å². The molecule has 1 aromatic carbocycles. The SMILES string of the molecule is C=C1CC(C(=O)NS(C)(=O)=O)CO/C1=C/C(=C\C)OCC.Cc1nc(-c2ccccc2)oc1C. The molecule has 34 heavy (non-hydrogen) atoms. The van der Waals surface area contributed by atoms with Gasteiger partial charge in [0.15, 0.2) is 0 Å². The van der Waals surface area contributed by atoms with Crippen LogP contribution in [0.5, 0.6) is 0 Å². The molecule has 1 aliphatic heterocycles. The second kappa shape index (κ2) is 12.2. The van der Waals surface area contributed by atoms with Crippen molar-refractivity contribution in [3.8, 4) is 11.5 Å².